The summed E-state index contributed by atoms with van der Waals surface area (Å²) in [6.45, 7) is 14.5. The standard InChI is InChI=1S/C16H25NO/c1-8-9(2)17-16(18)15-13(6)11(4)10(3)12(5)14(15)7/h9H,8H2,1-7H3,(H,17,18)/t9-/m1/s1. The molecule has 100 valence electrons. The predicted molar refractivity (Wildman–Crippen MR) is 77.3 cm³/mol. The summed E-state index contributed by atoms with van der Waals surface area (Å²) in [6, 6.07) is 0.221. The number of amides is 1. The van der Waals surface area contributed by atoms with Gasteiger partial charge in [-0.2, -0.15) is 0 Å². The van der Waals surface area contributed by atoms with Crippen LogP contribution in [0.15, 0.2) is 0 Å². The minimum absolute atomic E-state index is 0.0607. The average Bonchev–Trinajstić information content (AvgIpc) is 2.34. The molecule has 0 radical (unpaired) electrons. The summed E-state index contributed by atoms with van der Waals surface area (Å²) in [7, 11) is 0. The van der Waals surface area contributed by atoms with Gasteiger partial charge in [0.1, 0.15) is 0 Å². The Kier molecular flexibility index (Phi) is 4.55. The van der Waals surface area contributed by atoms with Crippen LogP contribution in [0.4, 0.5) is 0 Å². The Labute approximate surface area is 111 Å². The van der Waals surface area contributed by atoms with E-state index < -0.39 is 0 Å². The van der Waals surface area contributed by atoms with Gasteiger partial charge in [-0.25, -0.2) is 0 Å². The zero-order chi connectivity index (χ0) is 14.0. The Balaban J connectivity index is 3.29. The van der Waals surface area contributed by atoms with E-state index in [0.29, 0.717) is 0 Å². The lowest BCUT2D eigenvalue weighted by molar-refractivity contribution is 0.0938. The molecule has 0 saturated carbocycles. The average molecular weight is 247 g/mol. The topological polar surface area (TPSA) is 29.1 Å². The lowest BCUT2D eigenvalue weighted by atomic mass is 9.89. The van der Waals surface area contributed by atoms with Crippen molar-refractivity contribution >= 4 is 5.91 Å². The van der Waals surface area contributed by atoms with E-state index in [1.54, 1.807) is 0 Å². The molecule has 0 spiro atoms. The highest BCUT2D eigenvalue weighted by molar-refractivity contribution is 5.98. The second-order valence-electron chi connectivity index (χ2n) is 5.28. The number of carbonyl (C=O) groups excluding carboxylic acids is 1. The van der Waals surface area contributed by atoms with Crippen LogP contribution < -0.4 is 5.32 Å². The van der Waals surface area contributed by atoms with Gasteiger partial charge in [0.15, 0.2) is 0 Å². The van der Waals surface area contributed by atoms with Gasteiger partial charge < -0.3 is 5.32 Å². The zero-order valence-corrected chi connectivity index (χ0v) is 12.7. The van der Waals surface area contributed by atoms with Crippen LogP contribution in [0.2, 0.25) is 0 Å². The molecule has 0 saturated heterocycles. The molecule has 0 bridgehead atoms. The third-order valence-corrected chi connectivity index (χ3v) is 4.22. The van der Waals surface area contributed by atoms with Gasteiger partial charge in [0.25, 0.3) is 5.91 Å². The fourth-order valence-electron chi connectivity index (χ4n) is 2.24. The van der Waals surface area contributed by atoms with Crippen molar-refractivity contribution in [2.75, 3.05) is 0 Å². The highest BCUT2D eigenvalue weighted by atomic mass is 16.1. The molecule has 1 rings (SSSR count). The molecule has 1 amide bonds. The molecule has 2 heteroatoms. The van der Waals surface area contributed by atoms with Crippen LogP contribution in [0.1, 0.15) is 58.4 Å². The van der Waals surface area contributed by atoms with E-state index in [-0.39, 0.29) is 11.9 Å². The second-order valence-corrected chi connectivity index (χ2v) is 5.28. The van der Waals surface area contributed by atoms with E-state index in [1.807, 2.05) is 20.8 Å². The summed E-state index contributed by atoms with van der Waals surface area (Å²) < 4.78 is 0. The fourth-order valence-corrected chi connectivity index (χ4v) is 2.24. The zero-order valence-electron chi connectivity index (χ0n) is 12.7. The van der Waals surface area contributed by atoms with E-state index in [0.717, 1.165) is 23.1 Å². The summed E-state index contributed by atoms with van der Waals surface area (Å²) in [4.78, 5) is 12.4. The van der Waals surface area contributed by atoms with Gasteiger partial charge in [0.2, 0.25) is 0 Å². The Morgan fingerprint density at radius 2 is 1.33 bits per heavy atom. The minimum Gasteiger partial charge on any atom is -0.350 e. The van der Waals surface area contributed by atoms with Crippen molar-refractivity contribution in [1.29, 1.82) is 0 Å². The van der Waals surface area contributed by atoms with E-state index in [9.17, 15) is 4.79 Å². The number of carbonyl (C=O) groups is 1. The number of hydrogen-bond donors (Lipinski definition) is 1. The predicted octanol–water partition coefficient (Wildman–Crippen LogP) is 3.76. The van der Waals surface area contributed by atoms with E-state index in [1.165, 1.54) is 16.7 Å². The van der Waals surface area contributed by atoms with Crippen molar-refractivity contribution < 1.29 is 4.79 Å². The van der Waals surface area contributed by atoms with Crippen LogP contribution in [0, 0.1) is 34.6 Å². The molecule has 0 aliphatic carbocycles. The van der Waals surface area contributed by atoms with Gasteiger partial charge in [-0.05, 0) is 75.8 Å². The molecule has 0 heterocycles. The van der Waals surface area contributed by atoms with Crippen molar-refractivity contribution in [1.82, 2.24) is 5.32 Å². The Morgan fingerprint density at radius 3 is 1.72 bits per heavy atom. The Hall–Kier alpha value is -1.31. The number of nitrogens with one attached hydrogen (secondary N) is 1. The van der Waals surface area contributed by atoms with Crippen LogP contribution in [0.25, 0.3) is 0 Å². The molecule has 1 aromatic carbocycles. The van der Waals surface area contributed by atoms with E-state index in [4.69, 9.17) is 0 Å². The smallest absolute Gasteiger partial charge is 0.252 e. The van der Waals surface area contributed by atoms with Gasteiger partial charge in [-0.15, -0.1) is 0 Å². The highest BCUT2D eigenvalue weighted by Gasteiger charge is 2.18. The third-order valence-electron chi connectivity index (χ3n) is 4.22. The molecule has 1 aromatic rings. The summed E-state index contributed by atoms with van der Waals surface area (Å²) in [5.74, 6) is 0.0607. The van der Waals surface area contributed by atoms with Gasteiger partial charge in [-0.3, -0.25) is 4.79 Å². The first kappa shape index (κ1) is 14.7. The lowest BCUT2D eigenvalue weighted by Gasteiger charge is -2.20. The molecule has 0 aromatic heterocycles. The van der Waals surface area contributed by atoms with Crippen LogP contribution in [0.3, 0.4) is 0 Å². The molecule has 18 heavy (non-hydrogen) atoms. The van der Waals surface area contributed by atoms with E-state index >= 15 is 0 Å². The van der Waals surface area contributed by atoms with Gasteiger partial charge in [0, 0.05) is 11.6 Å². The monoisotopic (exact) mass is 247 g/mol. The van der Waals surface area contributed by atoms with Crippen molar-refractivity contribution in [3.05, 3.63) is 33.4 Å². The summed E-state index contributed by atoms with van der Waals surface area (Å²) in [5, 5.41) is 3.06. The van der Waals surface area contributed by atoms with Gasteiger partial charge >= 0.3 is 0 Å². The number of hydrogen-bond acceptors (Lipinski definition) is 1. The number of benzene rings is 1. The Bertz CT molecular complexity index is 445. The SMILES string of the molecule is CC[C@@H](C)NC(=O)c1c(C)c(C)c(C)c(C)c1C. The largest absolute Gasteiger partial charge is 0.350 e. The van der Waals surface area contributed by atoms with Crippen molar-refractivity contribution in [3.8, 4) is 0 Å². The van der Waals surface area contributed by atoms with Crippen LogP contribution >= 0.6 is 0 Å². The quantitative estimate of drug-likeness (QED) is 0.865. The molecule has 0 fully saturated rings. The highest BCUT2D eigenvalue weighted by Crippen LogP contribution is 2.26. The van der Waals surface area contributed by atoms with Crippen LogP contribution in [-0.2, 0) is 0 Å². The van der Waals surface area contributed by atoms with Crippen molar-refractivity contribution in [2.45, 2.75) is 60.9 Å². The normalized spacial score (nSPS) is 12.4. The van der Waals surface area contributed by atoms with Crippen LogP contribution in [-0.4, -0.2) is 11.9 Å². The van der Waals surface area contributed by atoms with Crippen molar-refractivity contribution in [3.63, 3.8) is 0 Å². The van der Waals surface area contributed by atoms with Crippen LogP contribution in [0.5, 0.6) is 0 Å². The maximum Gasteiger partial charge on any atom is 0.252 e. The maximum atomic E-state index is 12.4. The summed E-state index contributed by atoms with van der Waals surface area (Å²) >= 11 is 0. The maximum absolute atomic E-state index is 12.4. The second kappa shape index (κ2) is 5.55. The number of rotatable bonds is 3. The molecule has 1 N–H and O–H groups in total. The molecule has 1 atom stereocenters. The first-order valence-electron chi connectivity index (χ1n) is 6.69. The molecular formula is C16H25NO. The molecule has 0 unspecified atom stereocenters. The van der Waals surface area contributed by atoms with Gasteiger partial charge in [0.05, 0.1) is 0 Å². The molecule has 0 aliphatic heterocycles. The summed E-state index contributed by atoms with van der Waals surface area (Å²) in [6.07, 6.45) is 0.952. The summed E-state index contributed by atoms with van der Waals surface area (Å²) in [5.41, 5.74) is 6.83. The van der Waals surface area contributed by atoms with E-state index in [2.05, 4.69) is 33.0 Å². The molecular weight excluding hydrogens is 222 g/mol. The fraction of sp³-hybridized carbons (Fsp3) is 0.562. The molecule has 0 aliphatic rings. The lowest BCUT2D eigenvalue weighted by Crippen LogP contribution is -2.33. The van der Waals surface area contributed by atoms with Crippen molar-refractivity contribution in [2.24, 2.45) is 0 Å². The molecule has 2 nitrogen and oxygen atoms in total. The Morgan fingerprint density at radius 1 is 0.944 bits per heavy atom. The van der Waals surface area contributed by atoms with Gasteiger partial charge in [-0.1, -0.05) is 6.92 Å². The first-order valence-corrected chi connectivity index (χ1v) is 6.69. The third kappa shape index (κ3) is 2.58. The minimum atomic E-state index is 0.0607. The first-order chi connectivity index (χ1) is 8.31.